The van der Waals surface area contributed by atoms with E-state index in [1.807, 2.05) is 36.9 Å². The molecule has 1 aliphatic carbocycles. The Kier molecular flexibility index (Phi) is 9.10. The lowest BCUT2D eigenvalue weighted by Gasteiger charge is -2.40. The Morgan fingerprint density at radius 1 is 1.02 bits per heavy atom. The number of benzene rings is 2. The van der Waals surface area contributed by atoms with Crippen LogP contribution in [0.15, 0.2) is 53.4 Å². The van der Waals surface area contributed by atoms with E-state index in [0.29, 0.717) is 43.7 Å². The predicted molar refractivity (Wildman–Crippen MR) is 172 cm³/mol. The summed E-state index contributed by atoms with van der Waals surface area (Å²) in [6.45, 7) is 9.50. The molecule has 46 heavy (non-hydrogen) atoms. The highest BCUT2D eigenvalue weighted by Crippen LogP contribution is 2.38. The quantitative estimate of drug-likeness (QED) is 0.357. The van der Waals surface area contributed by atoms with Gasteiger partial charge in [0.2, 0.25) is 17.8 Å². The zero-order chi connectivity index (χ0) is 32.8. The average Bonchev–Trinajstić information content (AvgIpc) is 3.15. The van der Waals surface area contributed by atoms with Crippen molar-refractivity contribution in [2.75, 3.05) is 24.4 Å². The number of hydrogen-bond acceptors (Lipinski definition) is 8. The highest BCUT2D eigenvalue weighted by molar-refractivity contribution is 7.92. The minimum atomic E-state index is -4.13. The number of alkyl halides is 2. The van der Waals surface area contributed by atoms with E-state index < -0.39 is 28.3 Å². The van der Waals surface area contributed by atoms with Gasteiger partial charge in [-0.05, 0) is 67.9 Å². The fraction of sp³-hybridized carbons (Fsp3) is 0.529. The van der Waals surface area contributed by atoms with Gasteiger partial charge in [-0.2, -0.15) is 4.98 Å². The molecule has 248 valence electrons. The summed E-state index contributed by atoms with van der Waals surface area (Å²) >= 11 is 0. The maximum Gasteiger partial charge on any atom is 0.264 e. The normalized spacial score (nSPS) is 26.5. The molecule has 3 aliphatic rings. The number of aromatic nitrogens is 2. The van der Waals surface area contributed by atoms with Gasteiger partial charge < -0.3 is 9.84 Å². The largest absolute Gasteiger partial charge is 0.471 e. The van der Waals surface area contributed by atoms with Crippen molar-refractivity contribution in [2.24, 2.45) is 5.92 Å². The number of aryl methyl sites for hydroxylation is 2. The van der Waals surface area contributed by atoms with Crippen LogP contribution in [0.1, 0.15) is 68.9 Å². The summed E-state index contributed by atoms with van der Waals surface area (Å²) in [5.74, 6) is -2.30. The van der Waals surface area contributed by atoms with Crippen LogP contribution in [0, 0.1) is 19.8 Å². The molecule has 4 atom stereocenters. The molecule has 3 heterocycles. The molecule has 2 aromatic carbocycles. The second kappa shape index (κ2) is 12.8. The fourth-order valence-corrected chi connectivity index (χ4v) is 8.23. The van der Waals surface area contributed by atoms with Crippen LogP contribution >= 0.6 is 0 Å². The minimum absolute atomic E-state index is 0.0246. The monoisotopic (exact) mass is 655 g/mol. The molecule has 12 heteroatoms. The van der Waals surface area contributed by atoms with Crippen LogP contribution in [0.2, 0.25) is 0 Å². The number of rotatable bonds is 4. The molecule has 2 fully saturated rings. The van der Waals surface area contributed by atoms with Gasteiger partial charge in [-0.1, -0.05) is 44.2 Å². The molecule has 3 aromatic rings. The molecule has 1 saturated carbocycles. The zero-order valence-electron chi connectivity index (χ0n) is 26.8. The Bertz CT molecular complexity index is 1660. The molecule has 0 amide bonds. The van der Waals surface area contributed by atoms with Gasteiger partial charge in [0, 0.05) is 56.2 Å². The molecule has 0 radical (unpaired) electrons. The van der Waals surface area contributed by atoms with Gasteiger partial charge in [0.15, 0.2) is 0 Å². The number of nitrogens with one attached hydrogen (secondary N) is 1. The summed E-state index contributed by atoms with van der Waals surface area (Å²) in [5.41, 5.74) is 3.72. The smallest absolute Gasteiger partial charge is 0.264 e. The first kappa shape index (κ1) is 32.7. The first-order valence-corrected chi connectivity index (χ1v) is 17.6. The van der Waals surface area contributed by atoms with Crippen molar-refractivity contribution in [3.63, 3.8) is 0 Å². The molecule has 2 N–H and O–H groups in total. The second-order valence-electron chi connectivity index (χ2n) is 13.5. The lowest BCUT2D eigenvalue weighted by Crippen LogP contribution is -2.47. The van der Waals surface area contributed by atoms with E-state index in [4.69, 9.17) is 4.74 Å². The summed E-state index contributed by atoms with van der Waals surface area (Å²) in [4.78, 5) is 13.4. The third kappa shape index (κ3) is 7.05. The van der Waals surface area contributed by atoms with Crippen molar-refractivity contribution >= 4 is 16.0 Å². The van der Waals surface area contributed by atoms with Crippen LogP contribution in [0.5, 0.6) is 5.88 Å². The standard InChI is InChI=1S/C34H43F2N5O4S/c1-21(2)15-26-18-40(25-11-13-34(35,36)14-12-25)19-27-20-41(26)32(42)24-9-6-10-28(16-24)46(43,44)39-33-37-29(17-30(38-33)45-27)31-22(3)7-5-8-23(31)4/h5-10,16-17,21,25-27,32,42H,11-15,18-20H2,1-4H3,(H,37,38,39)/t26-,27+,32?/m0/s1. The van der Waals surface area contributed by atoms with Crippen LogP contribution < -0.4 is 9.46 Å². The lowest BCUT2D eigenvalue weighted by molar-refractivity contribution is -0.0586. The highest BCUT2D eigenvalue weighted by Gasteiger charge is 2.42. The lowest BCUT2D eigenvalue weighted by atomic mass is 9.90. The molecule has 2 unspecified atom stereocenters. The Morgan fingerprint density at radius 3 is 2.41 bits per heavy atom. The number of nitrogens with zero attached hydrogens (tertiary/aromatic N) is 4. The third-order valence-corrected chi connectivity index (χ3v) is 10.8. The Morgan fingerprint density at radius 2 is 1.72 bits per heavy atom. The number of aliphatic hydroxyl groups excluding tert-OH is 1. The van der Waals surface area contributed by atoms with Gasteiger partial charge in [0.1, 0.15) is 12.3 Å². The first-order valence-electron chi connectivity index (χ1n) is 16.1. The number of halogens is 2. The summed E-state index contributed by atoms with van der Waals surface area (Å²) < 4.78 is 64.8. The fourth-order valence-electron chi connectivity index (χ4n) is 7.23. The summed E-state index contributed by atoms with van der Waals surface area (Å²) in [6.07, 6.45) is -0.422. The van der Waals surface area contributed by atoms with Crippen LogP contribution in [0.25, 0.3) is 11.3 Å². The van der Waals surface area contributed by atoms with Gasteiger partial charge >= 0.3 is 0 Å². The van der Waals surface area contributed by atoms with E-state index >= 15 is 0 Å². The number of aliphatic hydroxyl groups is 1. The van der Waals surface area contributed by atoms with Gasteiger partial charge in [0.25, 0.3) is 10.0 Å². The van der Waals surface area contributed by atoms with Crippen LogP contribution in [-0.4, -0.2) is 77.0 Å². The third-order valence-electron chi connectivity index (χ3n) is 9.45. The predicted octanol–water partition coefficient (Wildman–Crippen LogP) is 5.92. The summed E-state index contributed by atoms with van der Waals surface area (Å²) in [7, 11) is -4.13. The second-order valence-corrected chi connectivity index (χ2v) is 15.2. The maximum atomic E-state index is 14.2. The number of fused-ring (bicyclic) bond motifs is 6. The van der Waals surface area contributed by atoms with Crippen molar-refractivity contribution in [1.82, 2.24) is 19.8 Å². The van der Waals surface area contributed by atoms with Crippen LogP contribution in [-0.2, 0) is 10.0 Å². The van der Waals surface area contributed by atoms with Gasteiger partial charge in [0.05, 0.1) is 10.6 Å². The SMILES string of the molecule is Cc1cccc(C)c1-c1cc2nc(n1)NS(=O)(=O)c1cccc(c1)C(O)N1C[C@@H](CN(C3CCC(F)(F)CC3)C[C@@H]1CC(C)C)O2. The molecular weight excluding hydrogens is 612 g/mol. The Labute approximate surface area is 270 Å². The van der Waals surface area contributed by atoms with E-state index in [9.17, 15) is 22.3 Å². The molecule has 1 saturated heterocycles. The van der Waals surface area contributed by atoms with Gasteiger partial charge in [-0.25, -0.2) is 26.9 Å². The number of anilines is 1. The van der Waals surface area contributed by atoms with Crippen molar-refractivity contribution in [1.29, 1.82) is 0 Å². The average molecular weight is 656 g/mol. The van der Waals surface area contributed by atoms with Crippen LogP contribution in [0.3, 0.4) is 0 Å². The van der Waals surface area contributed by atoms with Gasteiger partial charge in [-0.15, -0.1) is 0 Å². The Hall–Kier alpha value is -3.19. The number of sulfonamides is 1. The molecule has 1 aromatic heterocycles. The van der Waals surface area contributed by atoms with E-state index in [1.165, 1.54) is 12.1 Å². The Balaban J connectivity index is 1.48. The van der Waals surface area contributed by atoms with Gasteiger partial charge in [-0.3, -0.25) is 9.80 Å². The first-order chi connectivity index (χ1) is 21.8. The topological polar surface area (TPSA) is 108 Å². The van der Waals surface area contributed by atoms with Crippen molar-refractivity contribution in [2.45, 2.75) is 95.0 Å². The molecule has 2 aliphatic heterocycles. The van der Waals surface area contributed by atoms with E-state index in [1.54, 1.807) is 18.2 Å². The molecule has 6 bridgehead atoms. The van der Waals surface area contributed by atoms with Crippen molar-refractivity contribution < 1.29 is 27.0 Å². The summed E-state index contributed by atoms with van der Waals surface area (Å²) in [6, 6.07) is 13.7. The van der Waals surface area contributed by atoms with Crippen LogP contribution in [0.4, 0.5) is 14.7 Å². The molecular formula is C34H43F2N5O4S. The molecule has 9 nitrogen and oxygen atoms in total. The van der Waals surface area contributed by atoms with Crippen molar-refractivity contribution in [3.05, 3.63) is 65.2 Å². The van der Waals surface area contributed by atoms with E-state index in [-0.39, 0.29) is 47.6 Å². The minimum Gasteiger partial charge on any atom is -0.471 e. The highest BCUT2D eigenvalue weighted by atomic mass is 32.2. The van der Waals surface area contributed by atoms with E-state index in [2.05, 4.69) is 33.4 Å². The van der Waals surface area contributed by atoms with Crippen molar-refractivity contribution in [3.8, 4) is 17.1 Å². The zero-order valence-corrected chi connectivity index (χ0v) is 27.6. The molecule has 0 spiro atoms. The number of hydrogen-bond donors (Lipinski definition) is 2. The van der Waals surface area contributed by atoms with E-state index in [0.717, 1.165) is 23.1 Å². The number of ether oxygens (including phenoxy) is 1. The summed E-state index contributed by atoms with van der Waals surface area (Å²) in [5, 5.41) is 11.9. The maximum absolute atomic E-state index is 14.2. The molecule has 6 rings (SSSR count).